The van der Waals surface area contributed by atoms with Gasteiger partial charge in [-0.3, -0.25) is 9.59 Å². The summed E-state index contributed by atoms with van der Waals surface area (Å²) in [6, 6.07) is -0.584. The van der Waals surface area contributed by atoms with Gasteiger partial charge in [0, 0.05) is 6.54 Å². The predicted molar refractivity (Wildman–Crippen MR) is 65.0 cm³/mol. The molecule has 6 heteroatoms. The Labute approximate surface area is 107 Å². The molecule has 0 aromatic rings. The van der Waals surface area contributed by atoms with Gasteiger partial charge in [-0.05, 0) is 34.1 Å². The second-order valence-electron chi connectivity index (χ2n) is 5.45. The molecule has 102 valence electrons. The van der Waals surface area contributed by atoms with Crippen molar-refractivity contribution < 1.29 is 19.1 Å². The Balaban J connectivity index is 2.48. The number of hydrogen-bond donors (Lipinski definition) is 1. The quantitative estimate of drug-likeness (QED) is 0.806. The minimum Gasteiger partial charge on any atom is -0.444 e. The molecule has 0 bridgehead atoms. The monoisotopic (exact) mass is 256 g/mol. The van der Waals surface area contributed by atoms with Gasteiger partial charge >= 0.3 is 6.09 Å². The van der Waals surface area contributed by atoms with Crippen molar-refractivity contribution >= 4 is 17.8 Å². The number of nitrogens with one attached hydrogen (secondary N) is 1. The lowest BCUT2D eigenvalue weighted by Crippen LogP contribution is -2.44. The van der Waals surface area contributed by atoms with E-state index in [1.807, 2.05) is 0 Å². The van der Waals surface area contributed by atoms with E-state index in [4.69, 9.17) is 4.74 Å². The molecule has 1 aliphatic rings. The van der Waals surface area contributed by atoms with Gasteiger partial charge in [0.05, 0.1) is 6.54 Å². The van der Waals surface area contributed by atoms with Crippen LogP contribution in [0.2, 0.25) is 0 Å². The van der Waals surface area contributed by atoms with E-state index in [1.54, 1.807) is 20.8 Å². The standard InChI is InChI=1S/C12H20N2O4/c1-8(15)7-14-6-5-9(10(14)16)13-11(17)18-12(2,3)4/h9H,5-7H2,1-4H3,(H,13,17)/t9-/m0/s1. The average molecular weight is 256 g/mol. The highest BCUT2D eigenvalue weighted by Crippen LogP contribution is 2.12. The number of carbonyl (C=O) groups excluding carboxylic acids is 3. The lowest BCUT2D eigenvalue weighted by atomic mass is 10.2. The van der Waals surface area contributed by atoms with Crippen molar-refractivity contribution in [2.45, 2.75) is 45.8 Å². The fraction of sp³-hybridized carbons (Fsp3) is 0.750. The molecule has 2 amide bonds. The van der Waals surface area contributed by atoms with Crippen LogP contribution in [0.4, 0.5) is 4.79 Å². The first kappa shape index (κ1) is 14.5. The van der Waals surface area contributed by atoms with E-state index in [2.05, 4.69) is 5.32 Å². The number of alkyl carbamates (subject to hydrolysis) is 1. The molecule has 0 aromatic heterocycles. The number of ketones is 1. The van der Waals surface area contributed by atoms with Gasteiger partial charge in [0.15, 0.2) is 0 Å². The Morgan fingerprint density at radius 3 is 2.56 bits per heavy atom. The van der Waals surface area contributed by atoms with Crippen LogP contribution >= 0.6 is 0 Å². The van der Waals surface area contributed by atoms with Crippen LogP contribution in [0.1, 0.15) is 34.1 Å². The second-order valence-corrected chi connectivity index (χ2v) is 5.45. The summed E-state index contributed by atoms with van der Waals surface area (Å²) in [5.74, 6) is -0.294. The molecule has 1 N–H and O–H groups in total. The third-order valence-corrected chi connectivity index (χ3v) is 2.40. The van der Waals surface area contributed by atoms with Crippen LogP contribution in [0.3, 0.4) is 0 Å². The Bertz CT molecular complexity index is 360. The van der Waals surface area contributed by atoms with Crippen LogP contribution in [0.25, 0.3) is 0 Å². The molecule has 0 aromatic carbocycles. The zero-order valence-corrected chi connectivity index (χ0v) is 11.3. The van der Waals surface area contributed by atoms with Gasteiger partial charge in [-0.25, -0.2) is 4.79 Å². The highest BCUT2D eigenvalue weighted by atomic mass is 16.6. The second kappa shape index (κ2) is 5.37. The van der Waals surface area contributed by atoms with Crippen LogP contribution in [0.15, 0.2) is 0 Å². The van der Waals surface area contributed by atoms with Gasteiger partial charge in [0.2, 0.25) is 5.91 Å². The summed E-state index contributed by atoms with van der Waals surface area (Å²) in [7, 11) is 0. The van der Waals surface area contributed by atoms with E-state index < -0.39 is 17.7 Å². The Hall–Kier alpha value is -1.59. The summed E-state index contributed by atoms with van der Waals surface area (Å²) >= 11 is 0. The predicted octanol–water partition coefficient (Wildman–Crippen LogP) is 0.701. The Morgan fingerprint density at radius 1 is 1.44 bits per heavy atom. The lowest BCUT2D eigenvalue weighted by molar-refractivity contribution is -0.133. The van der Waals surface area contributed by atoms with Crippen LogP contribution < -0.4 is 5.32 Å². The van der Waals surface area contributed by atoms with E-state index in [0.717, 1.165) is 0 Å². The molecule has 0 unspecified atom stereocenters. The third kappa shape index (κ3) is 4.35. The molecule has 1 fully saturated rings. The van der Waals surface area contributed by atoms with E-state index in [-0.39, 0.29) is 18.2 Å². The zero-order valence-electron chi connectivity index (χ0n) is 11.3. The first-order chi connectivity index (χ1) is 8.19. The van der Waals surface area contributed by atoms with Crippen molar-refractivity contribution in [1.29, 1.82) is 0 Å². The summed E-state index contributed by atoms with van der Waals surface area (Å²) < 4.78 is 5.08. The summed E-state index contributed by atoms with van der Waals surface area (Å²) in [5.41, 5.74) is -0.592. The summed E-state index contributed by atoms with van der Waals surface area (Å²) in [4.78, 5) is 35.8. The van der Waals surface area contributed by atoms with E-state index in [1.165, 1.54) is 11.8 Å². The van der Waals surface area contributed by atoms with Crippen LogP contribution in [0.5, 0.6) is 0 Å². The molecule has 0 saturated carbocycles. The highest BCUT2D eigenvalue weighted by Gasteiger charge is 2.34. The molecular formula is C12H20N2O4. The van der Waals surface area contributed by atoms with Gasteiger partial charge in [-0.15, -0.1) is 0 Å². The van der Waals surface area contributed by atoms with Gasteiger partial charge < -0.3 is 15.0 Å². The molecule has 1 rings (SSSR count). The first-order valence-corrected chi connectivity index (χ1v) is 5.97. The lowest BCUT2D eigenvalue weighted by Gasteiger charge is -2.21. The van der Waals surface area contributed by atoms with Gasteiger partial charge in [-0.1, -0.05) is 0 Å². The van der Waals surface area contributed by atoms with Gasteiger partial charge in [-0.2, -0.15) is 0 Å². The largest absolute Gasteiger partial charge is 0.444 e. The van der Waals surface area contributed by atoms with Crippen LogP contribution in [-0.2, 0) is 14.3 Å². The SMILES string of the molecule is CC(=O)CN1CC[C@H](NC(=O)OC(C)(C)C)C1=O. The molecule has 0 spiro atoms. The number of amides is 2. The van der Waals surface area contributed by atoms with Crippen molar-refractivity contribution in [2.24, 2.45) is 0 Å². The van der Waals surface area contributed by atoms with E-state index in [9.17, 15) is 14.4 Å². The molecule has 0 aliphatic carbocycles. The molecule has 0 radical (unpaired) electrons. The molecule has 6 nitrogen and oxygen atoms in total. The minimum absolute atomic E-state index is 0.0683. The molecule has 1 aliphatic heterocycles. The Morgan fingerprint density at radius 2 is 2.06 bits per heavy atom. The summed E-state index contributed by atoms with van der Waals surface area (Å²) in [5, 5.41) is 2.52. The number of Topliss-reactive ketones (excluding diaryl/α,β-unsaturated/α-hetero) is 1. The number of rotatable bonds is 3. The van der Waals surface area contributed by atoms with Crippen molar-refractivity contribution in [3.63, 3.8) is 0 Å². The highest BCUT2D eigenvalue weighted by molar-refractivity contribution is 5.91. The molecule has 1 heterocycles. The zero-order chi connectivity index (χ0) is 13.9. The fourth-order valence-electron chi connectivity index (χ4n) is 1.75. The summed E-state index contributed by atoms with van der Waals surface area (Å²) in [6.07, 6.45) is -0.101. The number of likely N-dealkylation sites (tertiary alicyclic amines) is 1. The third-order valence-electron chi connectivity index (χ3n) is 2.40. The Kier molecular flexibility index (Phi) is 4.32. The van der Waals surface area contributed by atoms with Crippen molar-refractivity contribution in [3.8, 4) is 0 Å². The fourth-order valence-corrected chi connectivity index (χ4v) is 1.75. The maximum absolute atomic E-state index is 11.8. The van der Waals surface area contributed by atoms with Crippen LogP contribution in [-0.4, -0.2) is 47.4 Å². The molecule has 1 saturated heterocycles. The number of carbonyl (C=O) groups is 3. The van der Waals surface area contributed by atoms with Crippen molar-refractivity contribution in [3.05, 3.63) is 0 Å². The number of hydrogen-bond acceptors (Lipinski definition) is 4. The topological polar surface area (TPSA) is 75.7 Å². The van der Waals surface area contributed by atoms with Crippen molar-refractivity contribution in [2.75, 3.05) is 13.1 Å². The average Bonchev–Trinajstić information content (AvgIpc) is 2.46. The van der Waals surface area contributed by atoms with Crippen LogP contribution in [0, 0.1) is 0 Å². The van der Waals surface area contributed by atoms with E-state index >= 15 is 0 Å². The molecule has 18 heavy (non-hydrogen) atoms. The van der Waals surface area contributed by atoms with E-state index in [0.29, 0.717) is 13.0 Å². The minimum atomic E-state index is -0.606. The van der Waals surface area contributed by atoms with Gasteiger partial charge in [0.1, 0.15) is 17.4 Å². The maximum Gasteiger partial charge on any atom is 0.408 e. The maximum atomic E-state index is 11.8. The number of nitrogens with zero attached hydrogens (tertiary/aromatic N) is 1. The van der Waals surface area contributed by atoms with Crippen molar-refractivity contribution in [1.82, 2.24) is 10.2 Å². The summed E-state index contributed by atoms with van der Waals surface area (Å²) in [6.45, 7) is 7.29. The first-order valence-electron chi connectivity index (χ1n) is 5.97. The normalized spacial score (nSPS) is 19.9. The molecule has 1 atom stereocenters. The number of ether oxygens (including phenoxy) is 1. The van der Waals surface area contributed by atoms with Gasteiger partial charge in [0.25, 0.3) is 0 Å². The smallest absolute Gasteiger partial charge is 0.408 e. The molecular weight excluding hydrogens is 236 g/mol.